The minimum absolute atomic E-state index is 0.0169. The van der Waals surface area contributed by atoms with Gasteiger partial charge in [0.15, 0.2) is 5.75 Å². The van der Waals surface area contributed by atoms with Crippen molar-refractivity contribution in [3.8, 4) is 11.8 Å². The number of nitrogens with zero attached hydrogens (tertiary/aromatic N) is 3. The molecule has 5 nitrogen and oxygen atoms in total. The molecule has 8 heteroatoms. The molecule has 1 N–H and O–H groups in total. The van der Waals surface area contributed by atoms with E-state index in [1.54, 1.807) is 6.07 Å². The number of halogens is 3. The Morgan fingerprint density at radius 3 is 2.43 bits per heavy atom. The monoisotopic (exact) mass is 324 g/mol. The summed E-state index contributed by atoms with van der Waals surface area (Å²) in [5.74, 6) is 0.105. The lowest BCUT2D eigenvalue weighted by Gasteiger charge is -2.30. The lowest BCUT2D eigenvalue weighted by molar-refractivity contribution is -0.137. The predicted octanol–water partition coefficient (Wildman–Crippen LogP) is 2.70. The summed E-state index contributed by atoms with van der Waals surface area (Å²) in [5.41, 5.74) is -0.158. The summed E-state index contributed by atoms with van der Waals surface area (Å²) in [6, 6.07) is 5.12. The van der Waals surface area contributed by atoms with Gasteiger partial charge in [-0.05, 0) is 24.3 Å². The molecule has 1 aromatic heterocycles. The first-order valence-corrected chi connectivity index (χ1v) is 7.16. The molecule has 1 aliphatic heterocycles. The van der Waals surface area contributed by atoms with Crippen LogP contribution in [0, 0.1) is 0 Å². The van der Waals surface area contributed by atoms with Gasteiger partial charge in [0.1, 0.15) is 0 Å². The molecule has 0 saturated carbocycles. The fourth-order valence-corrected chi connectivity index (χ4v) is 2.38. The van der Waals surface area contributed by atoms with E-state index in [1.807, 2.05) is 4.90 Å². The van der Waals surface area contributed by atoms with Crippen molar-refractivity contribution in [2.45, 2.75) is 6.18 Å². The first kappa shape index (κ1) is 15.5. The van der Waals surface area contributed by atoms with Gasteiger partial charge in [-0.1, -0.05) is 0 Å². The standard InChI is InChI=1S/C15H15F3N4O/c16-15(17,18)11-2-3-12(22-8-6-19-7-9-22)13(10-11)23-14-20-4-1-5-21-14/h1-5,10,19H,6-9H2. The van der Waals surface area contributed by atoms with E-state index in [4.69, 9.17) is 4.74 Å². The van der Waals surface area contributed by atoms with Crippen molar-refractivity contribution in [1.82, 2.24) is 15.3 Å². The summed E-state index contributed by atoms with van der Waals surface area (Å²) in [5, 5.41) is 3.20. The summed E-state index contributed by atoms with van der Waals surface area (Å²) < 4.78 is 44.4. The maximum absolute atomic E-state index is 13.0. The minimum Gasteiger partial charge on any atom is -0.422 e. The van der Waals surface area contributed by atoms with Crippen LogP contribution in [-0.2, 0) is 6.18 Å². The Morgan fingerprint density at radius 2 is 1.78 bits per heavy atom. The second-order valence-electron chi connectivity index (χ2n) is 5.05. The van der Waals surface area contributed by atoms with Crippen molar-refractivity contribution in [2.75, 3.05) is 31.1 Å². The fourth-order valence-electron chi connectivity index (χ4n) is 2.38. The highest BCUT2D eigenvalue weighted by Crippen LogP contribution is 2.38. The number of ether oxygens (including phenoxy) is 1. The van der Waals surface area contributed by atoms with Crippen LogP contribution in [0.5, 0.6) is 11.8 Å². The molecule has 122 valence electrons. The summed E-state index contributed by atoms with van der Waals surface area (Å²) >= 11 is 0. The molecular weight excluding hydrogens is 309 g/mol. The molecule has 3 rings (SSSR count). The fraction of sp³-hybridized carbons (Fsp3) is 0.333. The Labute approximate surface area is 131 Å². The van der Waals surface area contributed by atoms with Crippen LogP contribution in [0.4, 0.5) is 18.9 Å². The smallest absolute Gasteiger partial charge is 0.416 e. The molecule has 0 aliphatic carbocycles. The topological polar surface area (TPSA) is 50.3 Å². The lowest BCUT2D eigenvalue weighted by Crippen LogP contribution is -2.43. The van der Waals surface area contributed by atoms with Crippen LogP contribution >= 0.6 is 0 Å². The van der Waals surface area contributed by atoms with Crippen molar-refractivity contribution in [3.63, 3.8) is 0 Å². The number of anilines is 1. The van der Waals surface area contributed by atoms with Crippen molar-refractivity contribution in [2.24, 2.45) is 0 Å². The predicted molar refractivity (Wildman–Crippen MR) is 78.6 cm³/mol. The van der Waals surface area contributed by atoms with Gasteiger partial charge in [-0.2, -0.15) is 13.2 Å². The van der Waals surface area contributed by atoms with Crippen LogP contribution in [0.25, 0.3) is 0 Å². The molecule has 0 unspecified atom stereocenters. The molecule has 1 aliphatic rings. The van der Waals surface area contributed by atoms with Crippen LogP contribution in [0.3, 0.4) is 0 Å². The number of hydrogen-bond acceptors (Lipinski definition) is 5. The molecule has 1 fully saturated rings. The zero-order valence-electron chi connectivity index (χ0n) is 12.2. The molecule has 2 aromatic rings. The zero-order chi connectivity index (χ0) is 16.3. The Bertz CT molecular complexity index is 658. The normalized spacial score (nSPS) is 15.5. The third-order valence-corrected chi connectivity index (χ3v) is 3.49. The van der Waals surface area contributed by atoms with Gasteiger partial charge in [-0.15, -0.1) is 0 Å². The number of piperazine rings is 1. The number of alkyl halides is 3. The summed E-state index contributed by atoms with van der Waals surface area (Å²) in [6.45, 7) is 2.92. The van der Waals surface area contributed by atoms with Gasteiger partial charge < -0.3 is 15.0 Å². The van der Waals surface area contributed by atoms with Crippen LogP contribution < -0.4 is 15.0 Å². The number of aromatic nitrogens is 2. The summed E-state index contributed by atoms with van der Waals surface area (Å²) in [7, 11) is 0. The molecule has 1 aromatic carbocycles. The molecule has 0 radical (unpaired) electrons. The number of benzene rings is 1. The van der Waals surface area contributed by atoms with Gasteiger partial charge in [0.25, 0.3) is 0 Å². The van der Waals surface area contributed by atoms with E-state index in [2.05, 4.69) is 15.3 Å². The highest BCUT2D eigenvalue weighted by Gasteiger charge is 2.32. The van der Waals surface area contributed by atoms with Crippen LogP contribution in [0.2, 0.25) is 0 Å². The van der Waals surface area contributed by atoms with Crippen molar-refractivity contribution in [3.05, 3.63) is 42.2 Å². The van der Waals surface area contributed by atoms with E-state index >= 15 is 0 Å². The maximum Gasteiger partial charge on any atom is 0.416 e. The van der Waals surface area contributed by atoms with E-state index < -0.39 is 11.7 Å². The molecule has 23 heavy (non-hydrogen) atoms. The molecule has 0 atom stereocenters. The summed E-state index contributed by atoms with van der Waals surface area (Å²) in [4.78, 5) is 9.79. The molecule has 0 amide bonds. The lowest BCUT2D eigenvalue weighted by atomic mass is 10.1. The molecule has 0 bridgehead atoms. The third-order valence-electron chi connectivity index (χ3n) is 3.49. The van der Waals surface area contributed by atoms with E-state index in [9.17, 15) is 13.2 Å². The highest BCUT2D eigenvalue weighted by atomic mass is 19.4. The average Bonchev–Trinajstić information content (AvgIpc) is 2.56. The first-order chi connectivity index (χ1) is 11.0. The zero-order valence-corrected chi connectivity index (χ0v) is 12.2. The second-order valence-corrected chi connectivity index (χ2v) is 5.05. The van der Waals surface area contributed by atoms with E-state index in [1.165, 1.54) is 18.5 Å². The second kappa shape index (κ2) is 6.41. The van der Waals surface area contributed by atoms with Crippen molar-refractivity contribution < 1.29 is 17.9 Å². The van der Waals surface area contributed by atoms with Crippen molar-refractivity contribution in [1.29, 1.82) is 0 Å². The molecular formula is C15H15F3N4O. The first-order valence-electron chi connectivity index (χ1n) is 7.16. The highest BCUT2D eigenvalue weighted by molar-refractivity contribution is 5.61. The van der Waals surface area contributed by atoms with Gasteiger partial charge in [-0.25, -0.2) is 9.97 Å². The van der Waals surface area contributed by atoms with Crippen LogP contribution in [-0.4, -0.2) is 36.1 Å². The Hall–Kier alpha value is -2.35. The van der Waals surface area contributed by atoms with E-state index in [0.29, 0.717) is 18.8 Å². The van der Waals surface area contributed by atoms with Gasteiger partial charge in [0, 0.05) is 38.6 Å². The third kappa shape index (κ3) is 3.70. The van der Waals surface area contributed by atoms with Gasteiger partial charge >= 0.3 is 12.2 Å². The summed E-state index contributed by atoms with van der Waals surface area (Å²) in [6.07, 6.45) is -1.49. The van der Waals surface area contributed by atoms with E-state index in [0.717, 1.165) is 25.2 Å². The van der Waals surface area contributed by atoms with E-state index in [-0.39, 0.29) is 11.8 Å². The average molecular weight is 324 g/mol. The molecule has 1 saturated heterocycles. The van der Waals surface area contributed by atoms with Crippen molar-refractivity contribution >= 4 is 5.69 Å². The van der Waals surface area contributed by atoms with Gasteiger partial charge in [0.05, 0.1) is 11.3 Å². The van der Waals surface area contributed by atoms with Crippen LogP contribution in [0.15, 0.2) is 36.7 Å². The van der Waals surface area contributed by atoms with Crippen LogP contribution in [0.1, 0.15) is 5.56 Å². The van der Waals surface area contributed by atoms with Gasteiger partial charge in [0.2, 0.25) is 0 Å². The molecule has 0 spiro atoms. The minimum atomic E-state index is -4.43. The Balaban J connectivity index is 1.97. The SMILES string of the molecule is FC(F)(F)c1ccc(N2CCNCC2)c(Oc2ncccn2)c1. The van der Waals surface area contributed by atoms with Gasteiger partial charge in [-0.3, -0.25) is 0 Å². The number of rotatable bonds is 3. The number of hydrogen-bond donors (Lipinski definition) is 1. The Morgan fingerprint density at radius 1 is 1.09 bits per heavy atom. The molecule has 2 heterocycles. The quantitative estimate of drug-likeness (QED) is 0.941. The number of nitrogens with one attached hydrogen (secondary N) is 1. The maximum atomic E-state index is 13.0. The Kier molecular flexibility index (Phi) is 4.33. The largest absolute Gasteiger partial charge is 0.422 e.